The first-order valence-electron chi connectivity index (χ1n) is 9.97. The van der Waals surface area contributed by atoms with Crippen molar-refractivity contribution in [2.24, 2.45) is 0 Å². The van der Waals surface area contributed by atoms with Crippen LogP contribution in [0.5, 0.6) is 5.75 Å². The number of fused-ring (bicyclic) bond motifs is 2. The predicted molar refractivity (Wildman–Crippen MR) is 110 cm³/mol. The van der Waals surface area contributed by atoms with Crippen LogP contribution < -0.4 is 4.74 Å². The van der Waals surface area contributed by atoms with E-state index < -0.39 is 0 Å². The van der Waals surface area contributed by atoms with Gasteiger partial charge in [0.15, 0.2) is 0 Å². The summed E-state index contributed by atoms with van der Waals surface area (Å²) in [6.45, 7) is 0.358. The summed E-state index contributed by atoms with van der Waals surface area (Å²) in [5.74, 6) is 0.594. The molecule has 3 aromatic rings. The normalized spacial score (nSPS) is 13.6. The summed E-state index contributed by atoms with van der Waals surface area (Å²) in [4.78, 5) is 17.9. The maximum absolute atomic E-state index is 13.1. The SMILES string of the molecule is COc1ccc(CCOC(=O)c2c3c(nc4ccccc24)CCCCC3)cc1. The van der Waals surface area contributed by atoms with Crippen LogP contribution in [0.4, 0.5) is 0 Å². The summed E-state index contributed by atoms with van der Waals surface area (Å²) >= 11 is 0. The number of para-hydroxylation sites is 1. The second kappa shape index (κ2) is 8.42. The molecule has 0 unspecified atom stereocenters. The fourth-order valence-electron chi connectivity index (χ4n) is 3.91. The first-order valence-corrected chi connectivity index (χ1v) is 9.97. The molecular weight excluding hydrogens is 350 g/mol. The fourth-order valence-corrected chi connectivity index (χ4v) is 3.91. The minimum absolute atomic E-state index is 0.231. The van der Waals surface area contributed by atoms with Crippen molar-refractivity contribution < 1.29 is 14.3 Å². The van der Waals surface area contributed by atoms with Crippen molar-refractivity contribution in [2.75, 3.05) is 13.7 Å². The van der Waals surface area contributed by atoms with Gasteiger partial charge < -0.3 is 9.47 Å². The summed E-state index contributed by atoms with van der Waals surface area (Å²) in [7, 11) is 1.65. The van der Waals surface area contributed by atoms with Crippen LogP contribution in [0.25, 0.3) is 10.9 Å². The van der Waals surface area contributed by atoms with Gasteiger partial charge >= 0.3 is 5.97 Å². The highest BCUT2D eigenvalue weighted by Crippen LogP contribution is 2.29. The number of esters is 1. The number of pyridine rings is 1. The molecule has 1 aliphatic carbocycles. The zero-order chi connectivity index (χ0) is 19.3. The lowest BCUT2D eigenvalue weighted by atomic mass is 9.97. The lowest BCUT2D eigenvalue weighted by Crippen LogP contribution is -2.14. The minimum atomic E-state index is -0.231. The number of nitrogens with zero attached hydrogens (tertiary/aromatic N) is 1. The number of hydrogen-bond acceptors (Lipinski definition) is 4. The third kappa shape index (κ3) is 3.86. The van der Waals surface area contributed by atoms with Crippen LogP contribution in [0.1, 0.15) is 46.4 Å². The molecule has 1 heterocycles. The molecule has 0 bridgehead atoms. The highest BCUT2D eigenvalue weighted by Gasteiger charge is 2.22. The molecule has 0 saturated heterocycles. The zero-order valence-corrected chi connectivity index (χ0v) is 16.2. The second-order valence-corrected chi connectivity index (χ2v) is 7.22. The number of benzene rings is 2. The second-order valence-electron chi connectivity index (χ2n) is 7.22. The molecule has 4 nitrogen and oxygen atoms in total. The Labute approximate surface area is 165 Å². The van der Waals surface area contributed by atoms with Crippen LogP contribution in [0.2, 0.25) is 0 Å². The van der Waals surface area contributed by atoms with Crippen LogP contribution in [-0.2, 0) is 24.0 Å². The Morgan fingerprint density at radius 2 is 1.79 bits per heavy atom. The number of aromatic nitrogens is 1. The third-order valence-electron chi connectivity index (χ3n) is 5.41. The van der Waals surface area contributed by atoms with Crippen molar-refractivity contribution in [3.63, 3.8) is 0 Å². The maximum Gasteiger partial charge on any atom is 0.339 e. The molecule has 0 saturated carbocycles. The highest BCUT2D eigenvalue weighted by atomic mass is 16.5. The molecule has 0 N–H and O–H groups in total. The average Bonchev–Trinajstić information content (AvgIpc) is 2.97. The number of aryl methyl sites for hydroxylation is 1. The van der Waals surface area contributed by atoms with Crippen LogP contribution in [-0.4, -0.2) is 24.7 Å². The van der Waals surface area contributed by atoms with E-state index in [1.807, 2.05) is 48.5 Å². The summed E-state index contributed by atoms with van der Waals surface area (Å²) in [5.41, 5.74) is 4.87. The van der Waals surface area contributed by atoms with Crippen molar-refractivity contribution >= 4 is 16.9 Å². The van der Waals surface area contributed by atoms with Gasteiger partial charge in [-0.3, -0.25) is 4.98 Å². The van der Waals surface area contributed by atoms with Crippen molar-refractivity contribution in [3.05, 3.63) is 70.9 Å². The van der Waals surface area contributed by atoms with Gasteiger partial charge in [-0.1, -0.05) is 36.8 Å². The van der Waals surface area contributed by atoms with Crippen LogP contribution in [0.3, 0.4) is 0 Å². The first-order chi connectivity index (χ1) is 13.8. The Bertz CT molecular complexity index is 979. The van der Waals surface area contributed by atoms with E-state index in [0.29, 0.717) is 13.0 Å². The summed E-state index contributed by atoms with van der Waals surface area (Å²) < 4.78 is 10.9. The molecule has 0 radical (unpaired) electrons. The van der Waals surface area contributed by atoms with Crippen molar-refractivity contribution in [3.8, 4) is 5.75 Å². The average molecular weight is 375 g/mol. The van der Waals surface area contributed by atoms with Gasteiger partial charge in [-0.05, 0) is 55.0 Å². The monoisotopic (exact) mass is 375 g/mol. The molecule has 1 aliphatic rings. The van der Waals surface area contributed by atoms with E-state index in [1.165, 1.54) is 6.42 Å². The van der Waals surface area contributed by atoms with E-state index in [-0.39, 0.29) is 5.97 Å². The Hall–Kier alpha value is -2.88. The Morgan fingerprint density at radius 3 is 2.61 bits per heavy atom. The molecule has 4 heteroatoms. The van der Waals surface area contributed by atoms with Crippen LogP contribution in [0.15, 0.2) is 48.5 Å². The third-order valence-corrected chi connectivity index (χ3v) is 5.41. The molecule has 28 heavy (non-hydrogen) atoms. The van der Waals surface area contributed by atoms with E-state index in [9.17, 15) is 4.79 Å². The number of carbonyl (C=O) groups excluding carboxylic acids is 1. The van der Waals surface area contributed by atoms with E-state index in [0.717, 1.165) is 64.7 Å². The molecular formula is C24H25NO3. The van der Waals surface area contributed by atoms with Gasteiger partial charge in [-0.25, -0.2) is 4.79 Å². The Morgan fingerprint density at radius 1 is 1.00 bits per heavy atom. The van der Waals surface area contributed by atoms with Gasteiger partial charge in [0.2, 0.25) is 0 Å². The maximum atomic E-state index is 13.1. The van der Waals surface area contributed by atoms with Gasteiger partial charge in [0.25, 0.3) is 0 Å². The highest BCUT2D eigenvalue weighted by molar-refractivity contribution is 6.05. The molecule has 0 fully saturated rings. The number of carbonyl (C=O) groups is 1. The van der Waals surface area contributed by atoms with Crippen molar-refractivity contribution in [2.45, 2.75) is 38.5 Å². The first kappa shape index (κ1) is 18.5. The molecule has 0 atom stereocenters. The van der Waals surface area contributed by atoms with E-state index in [4.69, 9.17) is 14.5 Å². The minimum Gasteiger partial charge on any atom is -0.497 e. The quantitative estimate of drug-likeness (QED) is 0.469. The molecule has 2 aromatic carbocycles. The Balaban J connectivity index is 1.56. The van der Waals surface area contributed by atoms with Crippen molar-refractivity contribution in [1.82, 2.24) is 4.98 Å². The Kier molecular flexibility index (Phi) is 5.56. The smallest absolute Gasteiger partial charge is 0.339 e. The number of methoxy groups -OCH3 is 1. The molecule has 4 rings (SSSR count). The van der Waals surface area contributed by atoms with Crippen molar-refractivity contribution in [1.29, 1.82) is 0 Å². The number of rotatable bonds is 5. The summed E-state index contributed by atoms with van der Waals surface area (Å²) in [6.07, 6.45) is 5.92. The molecule has 144 valence electrons. The van der Waals surface area contributed by atoms with Gasteiger partial charge in [0, 0.05) is 17.5 Å². The number of hydrogen-bond donors (Lipinski definition) is 0. The zero-order valence-electron chi connectivity index (χ0n) is 16.2. The summed E-state index contributed by atoms with van der Waals surface area (Å²) in [6, 6.07) is 15.7. The lowest BCUT2D eigenvalue weighted by molar-refractivity contribution is 0.0510. The lowest BCUT2D eigenvalue weighted by Gasteiger charge is -2.15. The molecule has 0 aliphatic heterocycles. The van der Waals surface area contributed by atoms with Gasteiger partial charge in [-0.15, -0.1) is 0 Å². The van der Waals surface area contributed by atoms with E-state index in [2.05, 4.69) is 0 Å². The molecule has 1 aromatic heterocycles. The van der Waals surface area contributed by atoms with Gasteiger partial charge in [0.1, 0.15) is 5.75 Å². The van der Waals surface area contributed by atoms with E-state index in [1.54, 1.807) is 7.11 Å². The fraction of sp³-hybridized carbons (Fsp3) is 0.333. The standard InChI is InChI=1S/C24H25NO3/c1-27-18-13-11-17(12-14-18)15-16-28-24(26)23-19-7-3-2-4-9-21(19)25-22-10-6-5-8-20(22)23/h5-6,8,10-14H,2-4,7,9,15-16H2,1H3. The topological polar surface area (TPSA) is 48.4 Å². The van der Waals surface area contributed by atoms with Gasteiger partial charge in [-0.2, -0.15) is 0 Å². The van der Waals surface area contributed by atoms with Gasteiger partial charge in [0.05, 0.1) is 24.8 Å². The number of ether oxygens (including phenoxy) is 2. The van der Waals surface area contributed by atoms with Crippen LogP contribution in [0, 0.1) is 0 Å². The largest absolute Gasteiger partial charge is 0.497 e. The van der Waals surface area contributed by atoms with Crippen LogP contribution >= 0.6 is 0 Å². The molecule has 0 amide bonds. The summed E-state index contributed by atoms with van der Waals surface area (Å²) in [5, 5.41) is 0.901. The predicted octanol–water partition coefficient (Wildman–Crippen LogP) is 4.91. The molecule has 0 spiro atoms. The van der Waals surface area contributed by atoms with E-state index >= 15 is 0 Å².